The third-order valence-corrected chi connectivity index (χ3v) is 9.59. The van der Waals surface area contributed by atoms with Crippen molar-refractivity contribution in [3.63, 3.8) is 0 Å². The molecule has 0 N–H and O–H groups in total. The number of hydrogen-bond donors (Lipinski definition) is 0. The molecule has 0 aliphatic rings. The second-order valence-corrected chi connectivity index (χ2v) is 16.5. The van der Waals surface area contributed by atoms with Crippen LogP contribution in [0.1, 0.15) is 11.1 Å². The molecular weight excluding hydrogens is 548 g/mol. The molecule has 0 fully saturated rings. The van der Waals surface area contributed by atoms with Crippen LogP contribution in [0.3, 0.4) is 0 Å². The number of benzene rings is 2. The Morgan fingerprint density at radius 2 is 1.58 bits per heavy atom. The van der Waals surface area contributed by atoms with Crippen LogP contribution in [-0.2, 0) is 20.9 Å². The minimum absolute atomic E-state index is 0.0477. The quantitative estimate of drug-likeness (QED) is 0.495. The van der Waals surface area contributed by atoms with Gasteiger partial charge in [-0.05, 0) is 91.5 Å². The Balaban J connectivity index is 2.37. The van der Waals surface area contributed by atoms with Crippen LogP contribution in [0.15, 0.2) is 52.3 Å². The van der Waals surface area contributed by atoms with Crippen LogP contribution in [0.2, 0.25) is 0 Å². The molecule has 0 aromatic heterocycles. The molecule has 1 unspecified atom stereocenters. The summed E-state index contributed by atoms with van der Waals surface area (Å²) in [6.07, 6.45) is 0. The normalized spacial score (nSPS) is 13.5. The van der Waals surface area contributed by atoms with Crippen molar-refractivity contribution in [3.05, 3.63) is 53.6 Å². The highest BCUT2D eigenvalue weighted by Crippen LogP contribution is 2.44. The maximum atomic E-state index is 12.6. The van der Waals surface area contributed by atoms with Crippen LogP contribution in [0.4, 0.5) is 0 Å². The van der Waals surface area contributed by atoms with E-state index in [0.717, 1.165) is 5.56 Å². The highest BCUT2D eigenvalue weighted by Gasteiger charge is 2.38. The summed E-state index contributed by atoms with van der Waals surface area (Å²) in [5.74, 6) is 0.444. The third-order valence-electron chi connectivity index (χ3n) is 3.14. The molecule has 0 bridgehead atoms. The van der Waals surface area contributed by atoms with Crippen molar-refractivity contribution >= 4 is 68.7 Å². The van der Waals surface area contributed by atoms with E-state index >= 15 is 0 Å². The van der Waals surface area contributed by atoms with Gasteiger partial charge in [-0.15, -0.1) is 0 Å². The zero-order chi connectivity index (χ0) is 18.1. The second-order valence-electron chi connectivity index (χ2n) is 5.01. The Hall–Kier alpha value is -0.220. The fourth-order valence-corrected chi connectivity index (χ4v) is 5.27. The number of alkyl halides is 3. The average Bonchev–Trinajstić information content (AvgIpc) is 2.48. The molecule has 0 radical (unpaired) electrons. The van der Waals surface area contributed by atoms with Gasteiger partial charge in [0.25, 0.3) is 0 Å². The zero-order valence-corrected chi connectivity index (χ0v) is 19.0. The maximum absolute atomic E-state index is 12.6. The van der Waals surface area contributed by atoms with Gasteiger partial charge in [-0.3, -0.25) is 0 Å². The summed E-state index contributed by atoms with van der Waals surface area (Å²) in [7, 11) is -3.78. The van der Waals surface area contributed by atoms with Gasteiger partial charge in [0.05, 0.1) is 9.79 Å². The first-order valence-corrected chi connectivity index (χ1v) is 11.5. The van der Waals surface area contributed by atoms with Gasteiger partial charge in [0.15, 0.2) is 0 Å². The molecule has 0 heterocycles. The smallest absolute Gasteiger partial charge is 0.240 e. The van der Waals surface area contributed by atoms with Gasteiger partial charge in [-0.25, -0.2) is 12.6 Å². The molecule has 4 nitrogen and oxygen atoms in total. The van der Waals surface area contributed by atoms with Crippen molar-refractivity contribution in [1.82, 2.24) is 0 Å². The molecule has 2 aromatic rings. The van der Waals surface area contributed by atoms with E-state index in [2.05, 4.69) is 47.8 Å². The fourth-order valence-electron chi connectivity index (χ4n) is 1.83. The minimum atomic E-state index is -3.78. The van der Waals surface area contributed by atoms with E-state index in [4.69, 9.17) is 4.18 Å². The van der Waals surface area contributed by atoms with Crippen LogP contribution in [0.5, 0.6) is 5.75 Å². The second kappa shape index (κ2) is 7.57. The van der Waals surface area contributed by atoms with Crippen molar-refractivity contribution in [2.45, 2.75) is 25.1 Å². The molecular formula is C15H13Br3O4S2. The topological polar surface area (TPSA) is 60.4 Å². The number of hydrogen-bond acceptors (Lipinski definition) is 4. The molecule has 9 heteroatoms. The summed E-state index contributed by atoms with van der Waals surface area (Å²) >= 11 is 7.26. The summed E-state index contributed by atoms with van der Waals surface area (Å²) in [6, 6.07) is 11.6. The van der Waals surface area contributed by atoms with Crippen LogP contribution in [0.25, 0.3) is 0 Å². The number of rotatable bonds is 4. The monoisotopic (exact) mass is 558 g/mol. The molecule has 0 saturated heterocycles. The van der Waals surface area contributed by atoms with Crippen molar-refractivity contribution in [2.24, 2.45) is 0 Å². The molecule has 0 aliphatic carbocycles. The van der Waals surface area contributed by atoms with Gasteiger partial charge in [0.2, 0.25) is 22.4 Å². The summed E-state index contributed by atoms with van der Waals surface area (Å²) in [4.78, 5) is 0.308. The maximum Gasteiger partial charge on any atom is 0.240 e. The van der Waals surface area contributed by atoms with E-state index in [0.29, 0.717) is 11.3 Å². The lowest BCUT2D eigenvalue weighted by atomic mass is 10.2. The molecule has 2 rings (SSSR count). The minimum Gasteiger partial charge on any atom is -0.397 e. The molecule has 0 spiro atoms. The lowest BCUT2D eigenvalue weighted by molar-refractivity contribution is 0.561. The Morgan fingerprint density at radius 1 is 1.00 bits per heavy atom. The molecule has 0 amide bonds. The van der Waals surface area contributed by atoms with E-state index in [1.54, 1.807) is 31.2 Å². The third kappa shape index (κ3) is 4.49. The highest BCUT2D eigenvalue weighted by atomic mass is 80.0. The van der Waals surface area contributed by atoms with Gasteiger partial charge in [-0.1, -0.05) is 23.8 Å². The van der Waals surface area contributed by atoms with Crippen molar-refractivity contribution in [1.29, 1.82) is 0 Å². The lowest BCUT2D eigenvalue weighted by Crippen LogP contribution is -2.19. The van der Waals surface area contributed by atoms with Crippen molar-refractivity contribution < 1.29 is 16.8 Å². The van der Waals surface area contributed by atoms with Crippen LogP contribution in [-0.4, -0.2) is 14.1 Å². The molecule has 24 heavy (non-hydrogen) atoms. The first kappa shape index (κ1) is 20.1. The predicted molar refractivity (Wildman–Crippen MR) is 106 cm³/mol. The summed E-state index contributed by atoms with van der Waals surface area (Å²) in [5, 5.41) is 0. The molecule has 1 atom stereocenters. The van der Waals surface area contributed by atoms with Gasteiger partial charge in [0.1, 0.15) is 5.75 Å². The van der Waals surface area contributed by atoms with E-state index in [-0.39, 0.29) is 9.79 Å². The molecule has 0 aliphatic heterocycles. The Kier molecular flexibility index (Phi) is 6.34. The largest absolute Gasteiger partial charge is 0.397 e. The Labute approximate surface area is 169 Å². The zero-order valence-electron chi connectivity index (χ0n) is 12.6. The number of aryl methyl sites for hydroxylation is 2. The van der Waals surface area contributed by atoms with Gasteiger partial charge >= 0.3 is 0 Å². The van der Waals surface area contributed by atoms with Crippen LogP contribution >= 0.6 is 47.8 Å². The Bertz CT molecular complexity index is 873. The first-order valence-electron chi connectivity index (χ1n) is 6.61. The number of halogens is 3. The van der Waals surface area contributed by atoms with E-state index in [1.807, 2.05) is 19.1 Å². The molecule has 0 saturated carbocycles. The summed E-state index contributed by atoms with van der Waals surface area (Å²) in [5.41, 5.74) is 1.59. The SMILES string of the molecule is Cc1ccc(OS(=O)c2ccc(C)c(S(=O)(=O)C(Br)(Br)Br)c2)cc1. The summed E-state index contributed by atoms with van der Waals surface area (Å²) in [6.45, 7) is 3.60. The first-order chi connectivity index (χ1) is 11.0. The lowest BCUT2D eigenvalue weighted by Gasteiger charge is -2.16. The Morgan fingerprint density at radius 3 is 2.12 bits per heavy atom. The van der Waals surface area contributed by atoms with E-state index < -0.39 is 22.4 Å². The van der Waals surface area contributed by atoms with Crippen molar-refractivity contribution in [2.75, 3.05) is 0 Å². The van der Waals surface area contributed by atoms with Crippen LogP contribution < -0.4 is 4.18 Å². The van der Waals surface area contributed by atoms with Gasteiger partial charge in [0, 0.05) is 0 Å². The van der Waals surface area contributed by atoms with Gasteiger partial charge < -0.3 is 4.18 Å². The summed E-state index contributed by atoms with van der Waals surface area (Å²) < 4.78 is 41.4. The standard InChI is InChI=1S/C15H13Br3O4S2/c1-10-3-6-12(7-4-10)22-23(19)13-8-5-11(2)14(9-13)24(20,21)15(16,17)18/h3-9H,1-2H3. The highest BCUT2D eigenvalue weighted by molar-refractivity contribution is 9.42. The number of sulfone groups is 1. The van der Waals surface area contributed by atoms with E-state index in [1.165, 1.54) is 6.07 Å². The predicted octanol–water partition coefficient (Wildman–Crippen LogP) is 4.97. The average molecular weight is 561 g/mol. The fraction of sp³-hybridized carbons (Fsp3) is 0.200. The van der Waals surface area contributed by atoms with Crippen LogP contribution in [0, 0.1) is 13.8 Å². The van der Waals surface area contributed by atoms with E-state index in [9.17, 15) is 12.6 Å². The van der Waals surface area contributed by atoms with Crippen molar-refractivity contribution in [3.8, 4) is 5.75 Å². The van der Waals surface area contributed by atoms with Gasteiger partial charge in [-0.2, -0.15) is 0 Å². The molecule has 130 valence electrons. The molecule has 2 aromatic carbocycles.